The molecular weight excluding hydrogens is 274 g/mol. The van der Waals surface area contributed by atoms with Crippen LogP contribution in [0.4, 0.5) is 5.69 Å². The van der Waals surface area contributed by atoms with Crippen molar-refractivity contribution in [1.82, 2.24) is 9.97 Å². The number of nitrogens with one attached hydrogen (secondary N) is 2. The van der Waals surface area contributed by atoms with Crippen molar-refractivity contribution in [2.45, 2.75) is 25.2 Å². The third kappa shape index (κ3) is 2.72. The largest absolute Gasteiger partial charge is 0.361 e. The first kappa shape index (κ1) is 13.1. The summed E-state index contributed by atoms with van der Waals surface area (Å²) in [5, 5.41) is 4.04. The molecule has 0 aliphatic heterocycles. The lowest BCUT2D eigenvalue weighted by molar-refractivity contribution is -0.115. The molecule has 0 bridgehead atoms. The van der Waals surface area contributed by atoms with Crippen LogP contribution in [0.25, 0.3) is 10.9 Å². The lowest BCUT2D eigenvalue weighted by Crippen LogP contribution is -2.14. The molecule has 2 heterocycles. The second kappa shape index (κ2) is 5.30. The van der Waals surface area contributed by atoms with Gasteiger partial charge in [-0.2, -0.15) is 0 Å². The highest BCUT2D eigenvalue weighted by Crippen LogP contribution is 2.38. The molecule has 0 spiro atoms. The number of H-pyrrole nitrogens is 1. The maximum atomic E-state index is 12.1. The van der Waals surface area contributed by atoms with Crippen LogP contribution in [0.15, 0.2) is 48.8 Å². The van der Waals surface area contributed by atoms with Gasteiger partial charge in [0.25, 0.3) is 0 Å². The van der Waals surface area contributed by atoms with Gasteiger partial charge in [0.2, 0.25) is 5.91 Å². The summed E-state index contributed by atoms with van der Waals surface area (Å²) >= 11 is 0. The first-order valence-electron chi connectivity index (χ1n) is 7.60. The quantitative estimate of drug-likeness (QED) is 0.771. The van der Waals surface area contributed by atoms with Crippen molar-refractivity contribution in [1.29, 1.82) is 0 Å². The molecule has 4 rings (SSSR count). The number of aromatic amines is 1. The third-order valence-electron chi connectivity index (χ3n) is 4.05. The average Bonchev–Trinajstić information content (AvgIpc) is 3.26. The van der Waals surface area contributed by atoms with E-state index in [1.54, 1.807) is 6.20 Å². The van der Waals surface area contributed by atoms with E-state index in [4.69, 9.17) is 0 Å². The Morgan fingerprint density at radius 3 is 2.91 bits per heavy atom. The van der Waals surface area contributed by atoms with Gasteiger partial charge in [0.05, 0.1) is 18.3 Å². The van der Waals surface area contributed by atoms with Crippen molar-refractivity contribution in [2.24, 2.45) is 0 Å². The zero-order valence-corrected chi connectivity index (χ0v) is 12.2. The zero-order chi connectivity index (χ0) is 14.9. The summed E-state index contributed by atoms with van der Waals surface area (Å²) in [6, 6.07) is 12.0. The highest BCUT2D eigenvalue weighted by atomic mass is 16.1. The molecule has 1 aromatic carbocycles. The molecule has 1 saturated carbocycles. The maximum absolute atomic E-state index is 12.1. The van der Waals surface area contributed by atoms with E-state index in [1.807, 2.05) is 42.6 Å². The Hall–Kier alpha value is -2.62. The first-order chi connectivity index (χ1) is 10.8. The molecule has 4 heteroatoms. The molecule has 2 aromatic heterocycles. The van der Waals surface area contributed by atoms with Gasteiger partial charge >= 0.3 is 0 Å². The molecule has 22 heavy (non-hydrogen) atoms. The predicted molar refractivity (Wildman–Crippen MR) is 86.8 cm³/mol. The Balaban J connectivity index is 1.42. The summed E-state index contributed by atoms with van der Waals surface area (Å²) in [6.45, 7) is 0. The van der Waals surface area contributed by atoms with Gasteiger partial charge in [-0.15, -0.1) is 0 Å². The molecule has 1 aliphatic carbocycles. The van der Waals surface area contributed by atoms with Gasteiger partial charge in [0.15, 0.2) is 0 Å². The second-order valence-corrected chi connectivity index (χ2v) is 5.87. The normalized spacial score (nSPS) is 14.2. The van der Waals surface area contributed by atoms with Crippen molar-refractivity contribution < 1.29 is 4.79 Å². The van der Waals surface area contributed by atoms with Crippen LogP contribution in [0.2, 0.25) is 0 Å². The number of aromatic nitrogens is 2. The molecule has 0 atom stereocenters. The van der Waals surface area contributed by atoms with Gasteiger partial charge in [-0.05, 0) is 54.1 Å². The molecule has 0 saturated heterocycles. The number of carbonyl (C=O) groups is 1. The van der Waals surface area contributed by atoms with Crippen molar-refractivity contribution in [3.8, 4) is 0 Å². The van der Waals surface area contributed by atoms with Crippen molar-refractivity contribution in [3.05, 3.63) is 60.0 Å². The molecule has 0 radical (unpaired) electrons. The summed E-state index contributed by atoms with van der Waals surface area (Å²) in [6.07, 6.45) is 6.49. The Morgan fingerprint density at radius 2 is 2.14 bits per heavy atom. The van der Waals surface area contributed by atoms with Gasteiger partial charge in [0, 0.05) is 23.3 Å². The molecule has 0 unspecified atom stereocenters. The van der Waals surface area contributed by atoms with Gasteiger partial charge in [-0.25, -0.2) is 0 Å². The van der Waals surface area contributed by atoms with Crippen molar-refractivity contribution >= 4 is 22.5 Å². The zero-order valence-electron chi connectivity index (χ0n) is 12.2. The van der Waals surface area contributed by atoms with Crippen LogP contribution in [0, 0.1) is 0 Å². The van der Waals surface area contributed by atoms with Crippen LogP contribution in [-0.4, -0.2) is 15.9 Å². The van der Waals surface area contributed by atoms with Crippen LogP contribution in [0.5, 0.6) is 0 Å². The lowest BCUT2D eigenvalue weighted by Gasteiger charge is -2.06. The van der Waals surface area contributed by atoms with Gasteiger partial charge in [-0.3, -0.25) is 9.78 Å². The third-order valence-corrected chi connectivity index (χ3v) is 4.05. The van der Waals surface area contributed by atoms with E-state index in [-0.39, 0.29) is 5.91 Å². The van der Waals surface area contributed by atoms with E-state index in [1.165, 1.54) is 12.8 Å². The molecule has 1 amide bonds. The highest BCUT2D eigenvalue weighted by Gasteiger charge is 2.24. The van der Waals surface area contributed by atoms with Crippen LogP contribution < -0.4 is 5.32 Å². The molecule has 4 nitrogen and oxygen atoms in total. The summed E-state index contributed by atoms with van der Waals surface area (Å²) in [4.78, 5) is 19.7. The number of hydrogen-bond donors (Lipinski definition) is 2. The number of benzene rings is 1. The minimum absolute atomic E-state index is 0.0177. The standard InChI is InChI=1S/C18H17N3O/c22-18(10-12-1-5-17-14(9-12)7-8-19-17)21-15-4-6-16(20-11-15)13-2-3-13/h1,4-9,11,13,19H,2-3,10H2,(H,21,22). The number of amides is 1. The summed E-state index contributed by atoms with van der Waals surface area (Å²) in [5.74, 6) is 0.619. The Morgan fingerprint density at radius 1 is 1.23 bits per heavy atom. The number of anilines is 1. The van der Waals surface area contributed by atoms with Crippen LogP contribution in [0.3, 0.4) is 0 Å². The lowest BCUT2D eigenvalue weighted by atomic mass is 10.1. The number of fused-ring (bicyclic) bond motifs is 1. The minimum Gasteiger partial charge on any atom is -0.361 e. The monoisotopic (exact) mass is 291 g/mol. The van der Waals surface area contributed by atoms with Gasteiger partial charge < -0.3 is 10.3 Å². The fraction of sp³-hybridized carbons (Fsp3) is 0.222. The fourth-order valence-electron chi connectivity index (χ4n) is 2.70. The number of carbonyl (C=O) groups excluding carboxylic acids is 1. The minimum atomic E-state index is -0.0177. The Labute approximate surface area is 128 Å². The summed E-state index contributed by atoms with van der Waals surface area (Å²) < 4.78 is 0. The highest BCUT2D eigenvalue weighted by molar-refractivity contribution is 5.92. The van der Waals surface area contributed by atoms with E-state index in [9.17, 15) is 4.79 Å². The smallest absolute Gasteiger partial charge is 0.228 e. The molecule has 3 aromatic rings. The Kier molecular flexibility index (Phi) is 3.15. The maximum Gasteiger partial charge on any atom is 0.228 e. The summed E-state index contributed by atoms with van der Waals surface area (Å²) in [7, 11) is 0. The van der Waals surface area contributed by atoms with Crippen molar-refractivity contribution in [2.75, 3.05) is 5.32 Å². The van der Waals surface area contributed by atoms with Gasteiger partial charge in [0.1, 0.15) is 0 Å². The van der Waals surface area contributed by atoms with Crippen LogP contribution in [0.1, 0.15) is 30.0 Å². The molecule has 2 N–H and O–H groups in total. The van der Waals surface area contributed by atoms with Gasteiger partial charge in [-0.1, -0.05) is 6.07 Å². The van der Waals surface area contributed by atoms with E-state index >= 15 is 0 Å². The van der Waals surface area contributed by atoms with Crippen molar-refractivity contribution in [3.63, 3.8) is 0 Å². The molecule has 1 fully saturated rings. The van der Waals surface area contributed by atoms with E-state index in [0.717, 1.165) is 27.8 Å². The number of nitrogens with zero attached hydrogens (tertiary/aromatic N) is 1. The van der Waals surface area contributed by atoms with E-state index in [2.05, 4.69) is 15.3 Å². The van der Waals surface area contributed by atoms with Crippen LogP contribution in [-0.2, 0) is 11.2 Å². The van der Waals surface area contributed by atoms with Crippen LogP contribution >= 0.6 is 0 Å². The first-order valence-corrected chi connectivity index (χ1v) is 7.60. The summed E-state index contributed by atoms with van der Waals surface area (Å²) in [5.41, 5.74) is 3.99. The average molecular weight is 291 g/mol. The number of rotatable bonds is 4. The molecular formula is C18H17N3O. The number of pyridine rings is 1. The topological polar surface area (TPSA) is 57.8 Å². The Bertz CT molecular complexity index is 816. The number of hydrogen-bond acceptors (Lipinski definition) is 2. The fourth-order valence-corrected chi connectivity index (χ4v) is 2.70. The molecule has 110 valence electrons. The molecule has 1 aliphatic rings. The van der Waals surface area contributed by atoms with E-state index < -0.39 is 0 Å². The van der Waals surface area contributed by atoms with E-state index in [0.29, 0.717) is 12.3 Å². The SMILES string of the molecule is O=C(Cc1ccc2[nH]ccc2c1)Nc1ccc(C2CC2)nc1. The predicted octanol–water partition coefficient (Wildman–Crippen LogP) is 3.62. The second-order valence-electron chi connectivity index (χ2n) is 5.87.